The van der Waals surface area contributed by atoms with Crippen molar-refractivity contribution >= 4 is 39.5 Å². The second kappa shape index (κ2) is 75.1. The third kappa shape index (κ3) is 74.2. The van der Waals surface area contributed by atoms with Crippen molar-refractivity contribution in [1.82, 2.24) is 0 Å². The minimum atomic E-state index is -5.02. The summed E-state index contributed by atoms with van der Waals surface area (Å²) < 4.78 is 68.3. The Labute approximate surface area is 627 Å². The third-order valence-corrected chi connectivity index (χ3v) is 17.0. The number of esters is 4. The summed E-state index contributed by atoms with van der Waals surface area (Å²) in [4.78, 5) is 72.9. The van der Waals surface area contributed by atoms with E-state index in [-0.39, 0.29) is 25.7 Å². The number of hydrogen-bond acceptors (Lipinski definition) is 15. The second-order valence-corrected chi connectivity index (χ2v) is 27.7. The van der Waals surface area contributed by atoms with Gasteiger partial charge in [-0.15, -0.1) is 0 Å². The van der Waals surface area contributed by atoms with Gasteiger partial charge >= 0.3 is 39.5 Å². The molecule has 0 saturated heterocycles. The van der Waals surface area contributed by atoms with Crippen LogP contribution in [0.1, 0.15) is 259 Å². The molecule has 0 radical (unpaired) electrons. The fourth-order valence-electron chi connectivity index (χ4n) is 9.36. The lowest BCUT2D eigenvalue weighted by molar-refractivity contribution is -0.161. The Morgan fingerprint density at radius 1 is 0.279 bits per heavy atom. The van der Waals surface area contributed by atoms with E-state index < -0.39 is 97.5 Å². The van der Waals surface area contributed by atoms with Crippen molar-refractivity contribution < 1.29 is 80.2 Å². The van der Waals surface area contributed by atoms with Crippen molar-refractivity contribution in [2.45, 2.75) is 277 Å². The zero-order valence-corrected chi connectivity index (χ0v) is 65.6. The molecule has 0 aliphatic heterocycles. The molecule has 0 fully saturated rings. The van der Waals surface area contributed by atoms with Gasteiger partial charge < -0.3 is 33.8 Å². The van der Waals surface area contributed by atoms with E-state index in [0.717, 1.165) is 173 Å². The molecule has 0 spiro atoms. The highest BCUT2D eigenvalue weighted by atomic mass is 31.2. The summed E-state index contributed by atoms with van der Waals surface area (Å²) in [6.45, 7) is 4.17. The fraction of sp³-hybridized carbons (Fsp3) is 0.576. The van der Waals surface area contributed by atoms with Crippen LogP contribution in [0.4, 0.5) is 0 Å². The highest BCUT2D eigenvalue weighted by molar-refractivity contribution is 7.47. The minimum absolute atomic E-state index is 0.0527. The van der Waals surface area contributed by atoms with Gasteiger partial charge in [0.2, 0.25) is 0 Å². The third-order valence-electron chi connectivity index (χ3n) is 15.1. The van der Waals surface area contributed by atoms with Crippen LogP contribution in [-0.2, 0) is 65.4 Å². The summed E-state index contributed by atoms with van der Waals surface area (Å²) in [7, 11) is -10.0. The van der Waals surface area contributed by atoms with Gasteiger partial charge in [-0.2, -0.15) is 0 Å². The van der Waals surface area contributed by atoms with E-state index in [0.29, 0.717) is 32.1 Å². The van der Waals surface area contributed by atoms with Gasteiger partial charge in [-0.3, -0.25) is 37.3 Å². The molecule has 0 aromatic rings. The van der Waals surface area contributed by atoms with E-state index >= 15 is 0 Å². The Morgan fingerprint density at radius 2 is 0.519 bits per heavy atom. The Kier molecular flexibility index (Phi) is 70.7. The molecule has 17 nitrogen and oxygen atoms in total. The molecule has 104 heavy (non-hydrogen) atoms. The van der Waals surface area contributed by atoms with E-state index in [2.05, 4.69) is 186 Å². The SMILES string of the molecule is CC/C=C\C/C=C\C/C=C\C/C=C\C/C=C\CCCC(=O)OCC(COP(=O)(O)OCC(O)COP(=O)(O)OCC(COC(=O)CCCCCCCCC/C=C\C/C=C\C/C=C\CC)OC(=O)C/C=C\C/C=C\C/C=C\C/C=C\C/C=C\CC)OC(=O)CCCCCCC/C=C\C/C=C\C/C=C\CC. The van der Waals surface area contributed by atoms with E-state index in [1.165, 1.54) is 0 Å². The van der Waals surface area contributed by atoms with Crippen LogP contribution in [0.2, 0.25) is 0 Å². The second-order valence-electron chi connectivity index (χ2n) is 24.8. The van der Waals surface area contributed by atoms with Crippen LogP contribution < -0.4 is 0 Å². The number of carbonyl (C=O) groups is 4. The maximum Gasteiger partial charge on any atom is 0.472 e. The summed E-state index contributed by atoms with van der Waals surface area (Å²) in [6.07, 6.45) is 91.7. The lowest BCUT2D eigenvalue weighted by Gasteiger charge is -2.21. The van der Waals surface area contributed by atoms with E-state index in [9.17, 15) is 43.2 Å². The van der Waals surface area contributed by atoms with Crippen molar-refractivity contribution in [3.05, 3.63) is 194 Å². The highest BCUT2D eigenvalue weighted by Gasteiger charge is 2.30. The van der Waals surface area contributed by atoms with Gasteiger partial charge in [0.15, 0.2) is 12.2 Å². The van der Waals surface area contributed by atoms with Crippen LogP contribution in [0, 0.1) is 0 Å². The first-order chi connectivity index (χ1) is 50.7. The Morgan fingerprint density at radius 3 is 0.846 bits per heavy atom. The number of ether oxygens (including phenoxy) is 4. The van der Waals surface area contributed by atoms with Crippen LogP contribution in [0.15, 0.2) is 194 Å². The zero-order valence-electron chi connectivity index (χ0n) is 63.9. The van der Waals surface area contributed by atoms with Crippen LogP contribution in [0.5, 0.6) is 0 Å². The van der Waals surface area contributed by atoms with Crippen LogP contribution in [0.25, 0.3) is 0 Å². The molecule has 0 heterocycles. The average Bonchev–Trinajstić information content (AvgIpc) is 0.937. The number of aliphatic hydroxyl groups is 1. The first-order valence-electron chi connectivity index (χ1n) is 38.7. The maximum absolute atomic E-state index is 13.1. The van der Waals surface area contributed by atoms with Crippen LogP contribution in [-0.4, -0.2) is 96.7 Å². The van der Waals surface area contributed by atoms with Gasteiger partial charge in [-0.05, 0) is 154 Å². The normalized spacial score (nSPS) is 15.0. The fourth-order valence-corrected chi connectivity index (χ4v) is 10.9. The summed E-state index contributed by atoms with van der Waals surface area (Å²) in [5, 5.41) is 10.6. The Balaban J connectivity index is 5.52. The minimum Gasteiger partial charge on any atom is -0.462 e. The smallest absolute Gasteiger partial charge is 0.462 e. The molecule has 586 valence electrons. The standard InChI is InChI=1S/C85H134O17P2/c1-5-9-13-17-21-25-29-33-37-39-43-45-49-53-57-61-65-69-82(87)95-75-80(101-84(89)71-67-63-59-55-51-47-41-35-31-27-23-19-15-11-7-3)77-99-103(91,92)97-73-79(86)74-98-104(93,94)100-78-81(102-85(90)72-68-64-60-56-52-48-42-36-32-28-24-20-16-12-8-4)76-96-83(88)70-66-62-58-54-50-46-44-40-38-34-30-26-22-18-14-10-6-2/h9-16,21-28,33-38,41-43,45,52-53,56-57,64,68,79-81,86H,5-8,17-20,29-32,39-40,44,46-51,54-55,58-63,65-67,69-78H2,1-4H3,(H,91,92)(H,93,94)/b13-9-,14-10-,15-11-,16-12-,25-21-,26-22-,27-23-,28-24-,37-33-,38-34-,41-35-,42-36-,45-43-,56-52-,57-53-,68-64-. The lowest BCUT2D eigenvalue weighted by Crippen LogP contribution is -2.30. The number of carbonyl (C=O) groups excluding carboxylic acids is 4. The number of unbranched alkanes of at least 4 members (excludes halogenated alkanes) is 13. The van der Waals surface area contributed by atoms with Crippen molar-refractivity contribution in [2.75, 3.05) is 39.6 Å². The molecule has 0 rings (SSSR count). The topological polar surface area (TPSA) is 237 Å². The molecular formula is C85H134O17P2. The molecule has 3 N–H and O–H groups in total. The number of rotatable bonds is 70. The Hall–Kier alpha value is -6.10. The predicted molar refractivity (Wildman–Crippen MR) is 426 cm³/mol. The summed E-state index contributed by atoms with van der Waals surface area (Å²) in [5.41, 5.74) is 0. The quantitative estimate of drug-likeness (QED) is 0.0169. The van der Waals surface area contributed by atoms with E-state index in [1.54, 1.807) is 12.2 Å². The van der Waals surface area contributed by atoms with E-state index in [1.807, 2.05) is 24.3 Å². The molecule has 0 aliphatic rings. The highest BCUT2D eigenvalue weighted by Crippen LogP contribution is 2.45. The van der Waals surface area contributed by atoms with Crippen molar-refractivity contribution in [3.8, 4) is 0 Å². The molecule has 0 amide bonds. The van der Waals surface area contributed by atoms with Gasteiger partial charge in [0.25, 0.3) is 0 Å². The van der Waals surface area contributed by atoms with Gasteiger partial charge in [0.1, 0.15) is 19.3 Å². The van der Waals surface area contributed by atoms with Crippen LogP contribution in [0.3, 0.4) is 0 Å². The largest absolute Gasteiger partial charge is 0.472 e. The molecular weight excluding hydrogens is 1350 g/mol. The number of hydrogen-bond donors (Lipinski definition) is 3. The average molecular weight is 1490 g/mol. The Bertz CT molecular complexity index is 2740. The first-order valence-corrected chi connectivity index (χ1v) is 41.7. The summed E-state index contributed by atoms with van der Waals surface area (Å²) >= 11 is 0. The van der Waals surface area contributed by atoms with Gasteiger partial charge in [0.05, 0.1) is 32.8 Å². The number of allylic oxidation sites excluding steroid dienone is 31. The molecule has 0 bridgehead atoms. The van der Waals surface area contributed by atoms with E-state index in [4.69, 9.17) is 37.0 Å². The van der Waals surface area contributed by atoms with Gasteiger partial charge in [0, 0.05) is 19.3 Å². The van der Waals surface area contributed by atoms with Gasteiger partial charge in [-0.25, -0.2) is 9.13 Å². The van der Waals surface area contributed by atoms with Crippen molar-refractivity contribution in [2.24, 2.45) is 0 Å². The molecule has 0 saturated carbocycles. The number of phosphoric ester groups is 2. The summed E-state index contributed by atoms with van der Waals surface area (Å²) in [6, 6.07) is 0. The number of phosphoric acid groups is 2. The van der Waals surface area contributed by atoms with Gasteiger partial charge in [-0.1, -0.05) is 273 Å². The van der Waals surface area contributed by atoms with Crippen molar-refractivity contribution in [3.63, 3.8) is 0 Å². The zero-order chi connectivity index (χ0) is 76.0. The molecule has 5 atom stereocenters. The maximum atomic E-state index is 13.1. The molecule has 5 unspecified atom stereocenters. The predicted octanol–water partition coefficient (Wildman–Crippen LogP) is 22.5. The monoisotopic (exact) mass is 1490 g/mol. The molecule has 19 heteroatoms. The summed E-state index contributed by atoms with van der Waals surface area (Å²) in [5.74, 6) is -2.44. The van der Waals surface area contributed by atoms with Crippen LogP contribution >= 0.6 is 15.6 Å². The molecule has 0 aromatic heterocycles. The van der Waals surface area contributed by atoms with Crippen molar-refractivity contribution in [1.29, 1.82) is 0 Å². The lowest BCUT2D eigenvalue weighted by atomic mass is 10.1. The molecule has 0 aliphatic carbocycles. The first kappa shape index (κ1) is 97.9. The molecule has 0 aromatic carbocycles. The number of aliphatic hydroxyl groups excluding tert-OH is 1.